The first-order chi connectivity index (χ1) is 8.91. The summed E-state index contributed by atoms with van der Waals surface area (Å²) in [5.74, 6) is 0. The van der Waals surface area contributed by atoms with Crippen LogP contribution in [-0.4, -0.2) is 21.5 Å². The smallest absolute Gasteiger partial charge is 0.396 e. The van der Waals surface area contributed by atoms with Crippen molar-refractivity contribution in [1.29, 1.82) is 0 Å². The van der Waals surface area contributed by atoms with Gasteiger partial charge in [0.1, 0.15) is 0 Å². The van der Waals surface area contributed by atoms with Crippen molar-refractivity contribution in [2.75, 3.05) is 6.61 Å². The number of aliphatic hydroxyl groups excluding tert-OH is 1. The van der Waals surface area contributed by atoms with Crippen molar-refractivity contribution in [3.63, 3.8) is 0 Å². The summed E-state index contributed by atoms with van der Waals surface area (Å²) in [5, 5.41) is 13.0. The van der Waals surface area contributed by atoms with Crippen LogP contribution in [0.25, 0.3) is 5.69 Å². The molecular formula is C12H10BrF3N2O. The van der Waals surface area contributed by atoms with Crippen molar-refractivity contribution < 1.29 is 18.3 Å². The second kappa shape index (κ2) is 5.34. The minimum Gasteiger partial charge on any atom is -0.396 e. The van der Waals surface area contributed by atoms with Crippen LogP contribution in [0.1, 0.15) is 11.3 Å². The molecule has 0 spiro atoms. The van der Waals surface area contributed by atoms with Gasteiger partial charge in [-0.25, -0.2) is 4.68 Å². The summed E-state index contributed by atoms with van der Waals surface area (Å²) < 4.78 is 39.5. The van der Waals surface area contributed by atoms with Crippen LogP contribution in [0.4, 0.5) is 13.2 Å². The summed E-state index contributed by atoms with van der Waals surface area (Å²) in [6, 6.07) is 4.73. The molecule has 3 nitrogen and oxygen atoms in total. The van der Waals surface area contributed by atoms with Crippen LogP contribution in [0.5, 0.6) is 0 Å². The summed E-state index contributed by atoms with van der Waals surface area (Å²) in [7, 11) is 0. The van der Waals surface area contributed by atoms with Crippen molar-refractivity contribution >= 4 is 15.9 Å². The highest BCUT2D eigenvalue weighted by Crippen LogP contribution is 2.29. The first-order valence-corrected chi connectivity index (χ1v) is 6.23. The molecule has 0 aliphatic heterocycles. The molecule has 0 saturated carbocycles. The molecule has 2 rings (SSSR count). The number of benzene rings is 1. The maximum Gasteiger partial charge on any atom is 0.416 e. The van der Waals surface area contributed by atoms with Crippen LogP contribution in [0.2, 0.25) is 0 Å². The fraction of sp³-hybridized carbons (Fsp3) is 0.250. The molecule has 0 bridgehead atoms. The lowest BCUT2D eigenvalue weighted by molar-refractivity contribution is -0.137. The number of aliphatic hydroxyl groups is 1. The Balaban J connectivity index is 2.30. The third kappa shape index (κ3) is 3.16. The van der Waals surface area contributed by atoms with Gasteiger partial charge in [-0.05, 0) is 40.2 Å². The molecule has 19 heavy (non-hydrogen) atoms. The van der Waals surface area contributed by atoms with E-state index in [9.17, 15) is 13.2 Å². The first-order valence-electron chi connectivity index (χ1n) is 5.44. The second-order valence-corrected chi connectivity index (χ2v) is 4.74. The molecule has 1 aromatic carbocycles. The molecule has 0 radical (unpaired) electrons. The number of halogens is 4. The average molecular weight is 335 g/mol. The molecule has 0 saturated heterocycles. The Morgan fingerprint density at radius 3 is 2.37 bits per heavy atom. The number of nitrogens with zero attached hydrogens (tertiary/aromatic N) is 2. The number of alkyl halides is 3. The maximum atomic E-state index is 12.4. The standard InChI is InChI=1S/C12H10BrF3N2O/c13-10-7-18(17-11(10)5-6-19)9-3-1-8(2-4-9)12(14,15)16/h1-4,7,19H,5-6H2. The second-order valence-electron chi connectivity index (χ2n) is 3.89. The van der Waals surface area contributed by atoms with E-state index in [1.165, 1.54) is 16.8 Å². The highest BCUT2D eigenvalue weighted by Gasteiger charge is 2.30. The SMILES string of the molecule is OCCc1nn(-c2ccc(C(F)(F)F)cc2)cc1Br. The van der Waals surface area contributed by atoms with Gasteiger partial charge in [0, 0.05) is 19.2 Å². The molecule has 2 aromatic rings. The number of rotatable bonds is 3. The Morgan fingerprint density at radius 2 is 1.84 bits per heavy atom. The quantitative estimate of drug-likeness (QED) is 0.936. The minimum absolute atomic E-state index is 0.0391. The molecule has 0 aliphatic rings. The molecular weight excluding hydrogens is 325 g/mol. The van der Waals surface area contributed by atoms with E-state index in [1.807, 2.05) is 0 Å². The Kier molecular flexibility index (Phi) is 3.96. The lowest BCUT2D eigenvalue weighted by atomic mass is 10.2. The predicted molar refractivity (Wildman–Crippen MR) is 67.1 cm³/mol. The van der Waals surface area contributed by atoms with Crippen LogP contribution >= 0.6 is 15.9 Å². The van der Waals surface area contributed by atoms with Gasteiger partial charge < -0.3 is 5.11 Å². The van der Waals surface area contributed by atoms with Gasteiger partial charge in [-0.15, -0.1) is 0 Å². The molecule has 102 valence electrons. The zero-order chi connectivity index (χ0) is 14.0. The van der Waals surface area contributed by atoms with Crippen LogP contribution in [0.3, 0.4) is 0 Å². The van der Waals surface area contributed by atoms with Crippen LogP contribution in [0.15, 0.2) is 34.9 Å². The van der Waals surface area contributed by atoms with Gasteiger partial charge in [-0.1, -0.05) is 0 Å². The monoisotopic (exact) mass is 334 g/mol. The van der Waals surface area contributed by atoms with E-state index in [4.69, 9.17) is 5.11 Å². The predicted octanol–water partition coefficient (Wildman–Crippen LogP) is 3.19. The maximum absolute atomic E-state index is 12.4. The molecule has 0 aliphatic carbocycles. The van der Waals surface area contributed by atoms with Crippen molar-refractivity contribution in [3.8, 4) is 5.69 Å². The first kappa shape index (κ1) is 14.1. The molecule has 7 heteroatoms. The zero-order valence-corrected chi connectivity index (χ0v) is 11.2. The van der Waals surface area contributed by atoms with E-state index in [1.54, 1.807) is 6.20 Å². The Hall–Kier alpha value is -1.34. The zero-order valence-electron chi connectivity index (χ0n) is 9.65. The molecule has 0 amide bonds. The van der Waals surface area contributed by atoms with Gasteiger partial charge >= 0.3 is 6.18 Å². The van der Waals surface area contributed by atoms with E-state index in [0.717, 1.165) is 12.1 Å². The largest absolute Gasteiger partial charge is 0.416 e. The van der Waals surface area contributed by atoms with Crippen molar-refractivity contribution in [1.82, 2.24) is 9.78 Å². The highest BCUT2D eigenvalue weighted by atomic mass is 79.9. The topological polar surface area (TPSA) is 38.1 Å². The van der Waals surface area contributed by atoms with Crippen LogP contribution in [-0.2, 0) is 12.6 Å². The van der Waals surface area contributed by atoms with E-state index in [2.05, 4.69) is 21.0 Å². The van der Waals surface area contributed by atoms with Gasteiger partial charge in [0.15, 0.2) is 0 Å². The van der Waals surface area contributed by atoms with Gasteiger partial charge in [-0.2, -0.15) is 18.3 Å². The summed E-state index contributed by atoms with van der Waals surface area (Å²) in [4.78, 5) is 0. The third-order valence-corrected chi connectivity index (χ3v) is 3.21. The normalized spacial score (nSPS) is 11.8. The summed E-state index contributed by atoms with van der Waals surface area (Å²) in [6.45, 7) is -0.0391. The fourth-order valence-corrected chi connectivity index (χ4v) is 2.07. The van der Waals surface area contributed by atoms with Gasteiger partial charge in [0.25, 0.3) is 0 Å². The number of aromatic nitrogens is 2. The van der Waals surface area contributed by atoms with E-state index < -0.39 is 11.7 Å². The molecule has 0 unspecified atom stereocenters. The van der Waals surface area contributed by atoms with Crippen LogP contribution < -0.4 is 0 Å². The van der Waals surface area contributed by atoms with Gasteiger partial charge in [0.05, 0.1) is 21.4 Å². The molecule has 1 aromatic heterocycles. The highest BCUT2D eigenvalue weighted by molar-refractivity contribution is 9.10. The van der Waals surface area contributed by atoms with Crippen molar-refractivity contribution in [2.24, 2.45) is 0 Å². The molecule has 1 N–H and O–H groups in total. The Labute approximate surface area is 115 Å². The fourth-order valence-electron chi connectivity index (χ4n) is 1.60. The molecule has 1 heterocycles. The summed E-state index contributed by atoms with van der Waals surface area (Å²) in [6.07, 6.45) is -2.31. The number of hydrogen-bond donors (Lipinski definition) is 1. The summed E-state index contributed by atoms with van der Waals surface area (Å²) in [5.41, 5.74) is 0.485. The van der Waals surface area contributed by atoms with Gasteiger partial charge in [-0.3, -0.25) is 0 Å². The summed E-state index contributed by atoms with van der Waals surface area (Å²) >= 11 is 3.29. The molecule has 0 fully saturated rings. The van der Waals surface area contributed by atoms with E-state index in [-0.39, 0.29) is 6.61 Å². The van der Waals surface area contributed by atoms with E-state index >= 15 is 0 Å². The van der Waals surface area contributed by atoms with Gasteiger partial charge in [0.2, 0.25) is 0 Å². The van der Waals surface area contributed by atoms with Crippen LogP contribution in [0, 0.1) is 0 Å². The third-order valence-electron chi connectivity index (χ3n) is 2.55. The van der Waals surface area contributed by atoms with Crippen molar-refractivity contribution in [3.05, 3.63) is 46.2 Å². The van der Waals surface area contributed by atoms with E-state index in [0.29, 0.717) is 22.3 Å². The molecule has 0 atom stereocenters. The lowest BCUT2D eigenvalue weighted by Gasteiger charge is -2.07. The minimum atomic E-state index is -4.34. The number of hydrogen-bond acceptors (Lipinski definition) is 2. The Morgan fingerprint density at radius 1 is 1.21 bits per heavy atom. The Bertz CT molecular complexity index is 563. The van der Waals surface area contributed by atoms with Crippen molar-refractivity contribution in [2.45, 2.75) is 12.6 Å². The average Bonchev–Trinajstić information content (AvgIpc) is 2.71. The lowest BCUT2D eigenvalue weighted by Crippen LogP contribution is -2.05.